The van der Waals surface area contributed by atoms with Crippen molar-refractivity contribution in [3.8, 4) is 0 Å². The van der Waals surface area contributed by atoms with Crippen molar-refractivity contribution in [1.82, 2.24) is 31.6 Å². The standard InChI is InChI=1S/C25H26F3N3O2S.C24H26FN3O2S.C23H26N4O2S/c1-29-12-9-17(10-13-29)22-16-31(24-7-5-19(15-21(22)24)25(26,27)28)34(32,33)20-6-8-23-18(14-20)4-3-11-30(23)2;1-26-12-9-17(10-13-26)22-16-28(24-7-5-19(25)15-21(22)24)31(29,30)20-6-8-23-18(14-20)4-3-11-27(23)2;1-25-13-9-17(10-14-25)21-16-27(23-20(21)6-3-11-24-23)30(28,29)19-7-8-22-18(15-19)5-4-12-26(22)2/h5-9,14-16H,3-4,10-13H2,1-2H3;5-9,14-16H,3-4,10-13H2,1-2H3;3,6-9,11,15-16H,4-5,10,12-14H2,1-2H3. The number of likely N-dealkylation sites (N-methyl/N-ethyl adjacent to an activating group) is 3. The Morgan fingerprint density at radius 3 is 1.22 bits per heavy atom. The van der Waals surface area contributed by atoms with Gasteiger partial charge in [0.15, 0.2) is 5.65 Å². The molecule has 15 rings (SSSR count). The number of aryl methyl sites for hydroxylation is 3. The fraction of sp³-hybridized carbons (Fsp3) is 0.347. The van der Waals surface area contributed by atoms with Crippen LogP contribution in [0.25, 0.3) is 49.6 Å². The van der Waals surface area contributed by atoms with Gasteiger partial charge in [-0.15, -0.1) is 0 Å². The number of hydrogen-bond acceptors (Lipinski definition) is 13. The van der Waals surface area contributed by atoms with Crippen LogP contribution in [0.4, 0.5) is 34.6 Å². The van der Waals surface area contributed by atoms with Gasteiger partial charge in [0, 0.05) is 155 Å². The number of fused-ring (bicyclic) bond motifs is 6. The van der Waals surface area contributed by atoms with Crippen LogP contribution in [-0.4, -0.2) is 158 Å². The molecular weight excluding hydrogens is 1270 g/mol. The van der Waals surface area contributed by atoms with Gasteiger partial charge in [0.05, 0.1) is 31.3 Å². The van der Waals surface area contributed by atoms with Crippen molar-refractivity contribution >= 4 is 96.7 Å². The quantitative estimate of drug-likeness (QED) is 0.126. The van der Waals surface area contributed by atoms with Gasteiger partial charge in [0.1, 0.15) is 5.82 Å². The third-order valence-corrected chi connectivity index (χ3v) is 24.5. The molecule has 0 unspecified atom stereocenters. The molecule has 0 atom stereocenters. The molecule has 6 aliphatic rings. The summed E-state index contributed by atoms with van der Waals surface area (Å²) < 4.78 is 141. The van der Waals surface area contributed by atoms with E-state index in [1.54, 1.807) is 55.0 Å². The number of hydrogen-bond donors (Lipinski definition) is 0. The molecular formula is C72H78F4N10O6S3. The lowest BCUT2D eigenvalue weighted by Gasteiger charge is -2.27. The summed E-state index contributed by atoms with van der Waals surface area (Å²) >= 11 is 0. The molecule has 5 aromatic carbocycles. The number of aromatic nitrogens is 4. The molecule has 498 valence electrons. The summed E-state index contributed by atoms with van der Waals surface area (Å²) in [5.74, 6) is -0.366. The van der Waals surface area contributed by atoms with E-state index in [-0.39, 0.29) is 21.1 Å². The smallest absolute Gasteiger partial charge is 0.374 e. The second-order valence-corrected chi connectivity index (χ2v) is 31.4. The van der Waals surface area contributed by atoms with Gasteiger partial charge < -0.3 is 29.4 Å². The van der Waals surface area contributed by atoms with Gasteiger partial charge in [-0.25, -0.2) is 46.5 Å². The van der Waals surface area contributed by atoms with Crippen LogP contribution in [0, 0.1) is 5.82 Å². The highest BCUT2D eigenvalue weighted by molar-refractivity contribution is 7.90. The molecule has 0 aliphatic carbocycles. The van der Waals surface area contributed by atoms with E-state index in [2.05, 4.69) is 60.6 Å². The lowest BCUT2D eigenvalue weighted by Crippen LogP contribution is -2.25. The Morgan fingerprint density at radius 1 is 0.421 bits per heavy atom. The first-order chi connectivity index (χ1) is 45.3. The Balaban J connectivity index is 0.000000129. The minimum Gasteiger partial charge on any atom is -0.374 e. The van der Waals surface area contributed by atoms with Gasteiger partial charge in [-0.3, -0.25) is 0 Å². The van der Waals surface area contributed by atoms with Gasteiger partial charge >= 0.3 is 6.18 Å². The van der Waals surface area contributed by atoms with Crippen LogP contribution >= 0.6 is 0 Å². The molecule has 0 N–H and O–H groups in total. The Labute approximate surface area is 553 Å². The molecule has 4 aromatic heterocycles. The highest BCUT2D eigenvalue weighted by Gasteiger charge is 2.34. The summed E-state index contributed by atoms with van der Waals surface area (Å²) in [6.45, 7) is 7.81. The van der Waals surface area contributed by atoms with E-state index < -0.39 is 41.8 Å². The fourth-order valence-corrected chi connectivity index (χ4v) is 18.3. The lowest BCUT2D eigenvalue weighted by atomic mass is 9.98. The zero-order chi connectivity index (χ0) is 66.9. The first kappa shape index (κ1) is 65.6. The van der Waals surface area contributed by atoms with E-state index in [0.717, 1.165) is 181 Å². The molecule has 9 aromatic rings. The molecule has 6 aliphatic heterocycles. The van der Waals surface area contributed by atoms with E-state index in [9.17, 15) is 42.8 Å². The number of pyridine rings is 1. The SMILES string of the molecule is CN1CC=C(c2cn(S(=O)(=O)c3ccc4c(c3)CCCN4C)c3ccc(C(F)(F)F)cc23)CC1.CN1CC=C(c2cn(S(=O)(=O)c3ccc4c(c3)CCCN4C)c3ccc(F)cc23)CC1.CN1CC=C(c2cn(S(=O)(=O)c3ccc4c(c3)CCCN4C)c3ncccc23)CC1. The van der Waals surface area contributed by atoms with Crippen LogP contribution in [0.15, 0.2) is 161 Å². The molecule has 16 nitrogen and oxygen atoms in total. The highest BCUT2D eigenvalue weighted by atomic mass is 32.2. The first-order valence-electron chi connectivity index (χ1n) is 32.3. The van der Waals surface area contributed by atoms with Crippen LogP contribution < -0.4 is 14.7 Å². The van der Waals surface area contributed by atoms with Gasteiger partial charge in [0.2, 0.25) is 0 Å². The predicted octanol–water partition coefficient (Wildman–Crippen LogP) is 12.5. The average molecular weight is 1350 g/mol. The topological polar surface area (TPSA) is 150 Å². The highest BCUT2D eigenvalue weighted by Crippen LogP contribution is 2.41. The second kappa shape index (κ2) is 25.8. The Kier molecular flexibility index (Phi) is 17.8. The van der Waals surface area contributed by atoms with Crippen LogP contribution in [0.2, 0.25) is 0 Å². The van der Waals surface area contributed by atoms with Crippen molar-refractivity contribution in [1.29, 1.82) is 0 Å². The molecule has 0 amide bonds. The molecule has 0 fully saturated rings. The molecule has 0 bridgehead atoms. The lowest BCUT2D eigenvalue weighted by molar-refractivity contribution is -0.137. The largest absolute Gasteiger partial charge is 0.416 e. The third-order valence-electron chi connectivity index (χ3n) is 19.5. The van der Waals surface area contributed by atoms with Gasteiger partial charge in [-0.2, -0.15) is 13.2 Å². The summed E-state index contributed by atoms with van der Waals surface area (Å²) in [6.07, 6.45) is 16.2. The van der Waals surface area contributed by atoms with Crippen molar-refractivity contribution in [2.45, 2.75) is 78.7 Å². The minimum atomic E-state index is -4.52. The Hall–Kier alpha value is -8.06. The monoisotopic (exact) mass is 1350 g/mol. The summed E-state index contributed by atoms with van der Waals surface area (Å²) in [5, 5.41) is 1.82. The minimum absolute atomic E-state index is 0.141. The van der Waals surface area contributed by atoms with Crippen molar-refractivity contribution in [2.24, 2.45) is 0 Å². The number of anilines is 3. The number of alkyl halides is 3. The number of benzene rings is 5. The van der Waals surface area contributed by atoms with Crippen LogP contribution in [0.1, 0.15) is 77.5 Å². The fourth-order valence-electron chi connectivity index (χ4n) is 14.1. The molecule has 23 heteroatoms. The predicted molar refractivity (Wildman–Crippen MR) is 371 cm³/mol. The molecule has 0 spiro atoms. The van der Waals surface area contributed by atoms with Crippen LogP contribution in [0.5, 0.6) is 0 Å². The van der Waals surface area contributed by atoms with Gasteiger partial charge in [-0.1, -0.05) is 18.2 Å². The average Bonchev–Trinajstić information content (AvgIpc) is 1.64. The van der Waals surface area contributed by atoms with Gasteiger partial charge in [-0.05, 0) is 215 Å². The van der Waals surface area contributed by atoms with E-state index in [1.807, 2.05) is 70.7 Å². The van der Waals surface area contributed by atoms with Crippen LogP contribution in [-0.2, 0) is 55.5 Å². The zero-order valence-corrected chi connectivity index (χ0v) is 56.7. The maximum absolute atomic E-state index is 14.1. The number of halogens is 4. The second-order valence-electron chi connectivity index (χ2n) is 26.0. The van der Waals surface area contributed by atoms with Crippen LogP contribution in [0.3, 0.4) is 0 Å². The van der Waals surface area contributed by atoms with Crippen molar-refractivity contribution in [2.75, 3.05) is 116 Å². The third kappa shape index (κ3) is 12.7. The Morgan fingerprint density at radius 2 is 0.811 bits per heavy atom. The number of nitrogens with zero attached hydrogens (tertiary/aromatic N) is 10. The Bertz CT molecular complexity index is 4960. The molecule has 0 radical (unpaired) electrons. The maximum atomic E-state index is 14.1. The van der Waals surface area contributed by atoms with Crippen molar-refractivity contribution < 1.29 is 42.8 Å². The summed E-state index contributed by atoms with van der Waals surface area (Å²) in [6, 6.07) is 27.4. The maximum Gasteiger partial charge on any atom is 0.416 e. The van der Waals surface area contributed by atoms with E-state index in [1.165, 1.54) is 37.9 Å². The summed E-state index contributed by atoms with van der Waals surface area (Å²) in [5.41, 5.74) is 12.2. The summed E-state index contributed by atoms with van der Waals surface area (Å²) in [4.78, 5) is 18.2. The van der Waals surface area contributed by atoms with Crippen molar-refractivity contribution in [3.05, 3.63) is 191 Å². The molecule has 0 saturated carbocycles. The molecule has 0 saturated heterocycles. The van der Waals surface area contributed by atoms with Gasteiger partial charge in [0.25, 0.3) is 30.1 Å². The summed E-state index contributed by atoms with van der Waals surface area (Å²) in [7, 11) is 0.590. The normalized spacial score (nSPS) is 17.7. The molecule has 95 heavy (non-hydrogen) atoms. The first-order valence-corrected chi connectivity index (χ1v) is 36.6. The van der Waals surface area contributed by atoms with Crippen molar-refractivity contribution in [3.63, 3.8) is 0 Å². The van der Waals surface area contributed by atoms with E-state index >= 15 is 0 Å². The molecule has 10 heterocycles. The van der Waals surface area contributed by atoms with E-state index in [0.29, 0.717) is 45.4 Å². The van der Waals surface area contributed by atoms with E-state index in [4.69, 9.17) is 0 Å². The number of rotatable bonds is 9. The zero-order valence-electron chi connectivity index (χ0n) is 54.2.